The van der Waals surface area contributed by atoms with Crippen molar-refractivity contribution in [1.82, 2.24) is 15.5 Å². The molecular formula is C29H26N6O3. The molecule has 2 aromatic heterocycles. The van der Waals surface area contributed by atoms with Gasteiger partial charge in [-0.1, -0.05) is 17.3 Å². The first-order valence-electron chi connectivity index (χ1n) is 12.4. The standard InChI is InChI=1S/C29H26N6O3/c1-19-7-8-22(33-28(36)21-12-20(17-30)13-24(14-21)35-10-4-5-11-35)15-25(19)26-16-27(38-34-26)29(37)32-18-23-6-2-3-9-31-23/h2-3,6-9,12-16H,4-5,10-11,18H2,1H3,(H,32,37)(H,33,36). The number of hydrogen-bond donors (Lipinski definition) is 2. The van der Waals surface area contributed by atoms with Crippen LogP contribution in [0.15, 0.2) is 71.4 Å². The molecule has 1 aliphatic rings. The molecule has 1 saturated heterocycles. The number of nitriles is 1. The molecule has 9 heteroatoms. The number of hydrogen-bond acceptors (Lipinski definition) is 7. The molecule has 190 valence electrons. The maximum Gasteiger partial charge on any atom is 0.290 e. The van der Waals surface area contributed by atoms with E-state index in [0.717, 1.165) is 48.4 Å². The second kappa shape index (κ2) is 11.0. The molecule has 2 amide bonds. The number of nitrogens with zero attached hydrogens (tertiary/aromatic N) is 4. The van der Waals surface area contributed by atoms with Gasteiger partial charge in [-0.05, 0) is 67.8 Å². The van der Waals surface area contributed by atoms with Gasteiger partial charge in [0.15, 0.2) is 0 Å². The highest BCUT2D eigenvalue weighted by Crippen LogP contribution is 2.28. The normalized spacial score (nSPS) is 12.7. The Hall–Kier alpha value is -4.97. The SMILES string of the molecule is Cc1ccc(NC(=O)c2cc(C#N)cc(N3CCCC3)c2)cc1-c1cc(C(=O)NCc2ccccn2)on1. The Labute approximate surface area is 220 Å². The van der Waals surface area contributed by atoms with Gasteiger partial charge < -0.3 is 20.1 Å². The van der Waals surface area contributed by atoms with Crippen molar-refractivity contribution in [2.75, 3.05) is 23.3 Å². The number of carbonyl (C=O) groups is 2. The summed E-state index contributed by atoms with van der Waals surface area (Å²) in [6.07, 6.45) is 3.86. The van der Waals surface area contributed by atoms with Crippen molar-refractivity contribution in [2.24, 2.45) is 0 Å². The van der Waals surface area contributed by atoms with Crippen molar-refractivity contribution in [3.8, 4) is 17.3 Å². The number of benzene rings is 2. The molecule has 2 aromatic carbocycles. The lowest BCUT2D eigenvalue weighted by Gasteiger charge is -2.19. The minimum absolute atomic E-state index is 0.0764. The lowest BCUT2D eigenvalue weighted by atomic mass is 10.0. The van der Waals surface area contributed by atoms with Crippen molar-refractivity contribution >= 4 is 23.2 Å². The molecule has 5 rings (SSSR count). The Morgan fingerprint density at radius 3 is 2.66 bits per heavy atom. The smallest absolute Gasteiger partial charge is 0.290 e. The van der Waals surface area contributed by atoms with Gasteiger partial charge in [-0.2, -0.15) is 5.26 Å². The van der Waals surface area contributed by atoms with E-state index in [4.69, 9.17) is 4.52 Å². The second-order valence-corrected chi connectivity index (χ2v) is 9.14. The number of anilines is 2. The molecule has 0 aliphatic carbocycles. The van der Waals surface area contributed by atoms with Crippen LogP contribution in [-0.4, -0.2) is 35.0 Å². The maximum atomic E-state index is 13.1. The first-order valence-corrected chi connectivity index (χ1v) is 12.4. The summed E-state index contributed by atoms with van der Waals surface area (Å²) < 4.78 is 5.30. The Kier molecular flexibility index (Phi) is 7.13. The van der Waals surface area contributed by atoms with Crippen LogP contribution in [0.2, 0.25) is 0 Å². The molecule has 9 nitrogen and oxygen atoms in total. The third kappa shape index (κ3) is 5.55. The van der Waals surface area contributed by atoms with E-state index in [1.807, 2.05) is 43.3 Å². The number of pyridine rings is 1. The molecule has 4 aromatic rings. The molecule has 1 fully saturated rings. The molecule has 0 spiro atoms. The third-order valence-corrected chi connectivity index (χ3v) is 6.44. The van der Waals surface area contributed by atoms with E-state index >= 15 is 0 Å². The predicted molar refractivity (Wildman–Crippen MR) is 143 cm³/mol. The molecule has 3 heterocycles. The third-order valence-electron chi connectivity index (χ3n) is 6.44. The summed E-state index contributed by atoms with van der Waals surface area (Å²) in [4.78, 5) is 32.0. The molecule has 0 radical (unpaired) electrons. The van der Waals surface area contributed by atoms with Crippen molar-refractivity contribution in [3.63, 3.8) is 0 Å². The van der Waals surface area contributed by atoms with Crippen molar-refractivity contribution < 1.29 is 14.1 Å². The van der Waals surface area contributed by atoms with E-state index in [2.05, 4.69) is 31.7 Å². The van der Waals surface area contributed by atoms with Gasteiger partial charge in [-0.3, -0.25) is 14.6 Å². The maximum absolute atomic E-state index is 13.1. The quantitative estimate of drug-likeness (QED) is 0.372. The predicted octanol–water partition coefficient (Wildman–Crippen LogP) is 4.70. The van der Waals surface area contributed by atoms with Crippen LogP contribution in [0.25, 0.3) is 11.3 Å². The number of aromatic nitrogens is 2. The van der Waals surface area contributed by atoms with Crippen LogP contribution in [0.5, 0.6) is 0 Å². The van der Waals surface area contributed by atoms with Gasteiger partial charge in [-0.15, -0.1) is 0 Å². The lowest BCUT2D eigenvalue weighted by molar-refractivity contribution is 0.0913. The van der Waals surface area contributed by atoms with Crippen LogP contribution in [0.4, 0.5) is 11.4 Å². The van der Waals surface area contributed by atoms with Gasteiger partial charge >= 0.3 is 0 Å². The highest BCUT2D eigenvalue weighted by Gasteiger charge is 2.18. The Morgan fingerprint density at radius 1 is 1.05 bits per heavy atom. The average molecular weight is 507 g/mol. The summed E-state index contributed by atoms with van der Waals surface area (Å²) in [5, 5.41) is 19.2. The topological polar surface area (TPSA) is 124 Å². The fraction of sp³-hybridized carbons (Fsp3) is 0.207. The van der Waals surface area contributed by atoms with Crippen LogP contribution in [0.1, 0.15) is 50.6 Å². The first kappa shape index (κ1) is 24.7. The van der Waals surface area contributed by atoms with Gasteiger partial charge in [0, 0.05) is 47.9 Å². The average Bonchev–Trinajstić information content (AvgIpc) is 3.66. The van der Waals surface area contributed by atoms with Gasteiger partial charge in [-0.25, -0.2) is 0 Å². The minimum atomic E-state index is -0.400. The summed E-state index contributed by atoms with van der Waals surface area (Å²) in [7, 11) is 0. The number of carbonyl (C=O) groups excluding carboxylic acids is 2. The molecule has 2 N–H and O–H groups in total. The van der Waals surface area contributed by atoms with E-state index in [1.54, 1.807) is 30.5 Å². The van der Waals surface area contributed by atoms with Crippen molar-refractivity contribution in [2.45, 2.75) is 26.3 Å². The fourth-order valence-corrected chi connectivity index (χ4v) is 4.41. The zero-order valence-electron chi connectivity index (χ0n) is 20.9. The molecule has 38 heavy (non-hydrogen) atoms. The van der Waals surface area contributed by atoms with Crippen LogP contribution >= 0.6 is 0 Å². The van der Waals surface area contributed by atoms with Crippen molar-refractivity contribution in [1.29, 1.82) is 5.26 Å². The molecule has 0 unspecified atom stereocenters. The summed E-state index contributed by atoms with van der Waals surface area (Å²) in [5.41, 5.74) is 5.13. The van der Waals surface area contributed by atoms with Crippen LogP contribution in [0, 0.1) is 18.3 Å². The first-order chi connectivity index (χ1) is 18.5. The minimum Gasteiger partial charge on any atom is -0.371 e. The van der Waals surface area contributed by atoms with E-state index in [-0.39, 0.29) is 18.2 Å². The number of amides is 2. The highest BCUT2D eigenvalue weighted by molar-refractivity contribution is 6.05. The summed E-state index contributed by atoms with van der Waals surface area (Å²) in [5.74, 6) is -0.637. The van der Waals surface area contributed by atoms with E-state index in [1.165, 1.54) is 0 Å². The van der Waals surface area contributed by atoms with Gasteiger partial charge in [0.1, 0.15) is 5.69 Å². The summed E-state index contributed by atoms with van der Waals surface area (Å²) in [6, 6.07) is 19.9. The Morgan fingerprint density at radius 2 is 1.89 bits per heavy atom. The van der Waals surface area contributed by atoms with Crippen LogP contribution in [-0.2, 0) is 6.54 Å². The van der Waals surface area contributed by atoms with Crippen LogP contribution < -0.4 is 15.5 Å². The van der Waals surface area contributed by atoms with E-state index in [9.17, 15) is 14.9 Å². The van der Waals surface area contributed by atoms with E-state index in [0.29, 0.717) is 22.5 Å². The second-order valence-electron chi connectivity index (χ2n) is 9.14. The fourth-order valence-electron chi connectivity index (χ4n) is 4.41. The molecular weight excluding hydrogens is 480 g/mol. The molecule has 0 saturated carbocycles. The number of aryl methyl sites for hydroxylation is 1. The van der Waals surface area contributed by atoms with Crippen LogP contribution in [0.3, 0.4) is 0 Å². The monoisotopic (exact) mass is 506 g/mol. The van der Waals surface area contributed by atoms with Gasteiger partial charge in [0.2, 0.25) is 5.76 Å². The molecule has 1 aliphatic heterocycles. The van der Waals surface area contributed by atoms with Crippen molar-refractivity contribution in [3.05, 3.63) is 95.0 Å². The van der Waals surface area contributed by atoms with Gasteiger partial charge in [0.05, 0.1) is 23.9 Å². The number of nitrogens with one attached hydrogen (secondary N) is 2. The Balaban J connectivity index is 1.31. The zero-order valence-corrected chi connectivity index (χ0v) is 20.9. The zero-order chi connectivity index (χ0) is 26.5. The molecule has 0 atom stereocenters. The van der Waals surface area contributed by atoms with E-state index < -0.39 is 5.91 Å². The summed E-state index contributed by atoms with van der Waals surface area (Å²) in [6.45, 7) is 4.01. The molecule has 0 bridgehead atoms. The summed E-state index contributed by atoms with van der Waals surface area (Å²) >= 11 is 0. The highest BCUT2D eigenvalue weighted by atomic mass is 16.5. The Bertz CT molecular complexity index is 1520. The lowest BCUT2D eigenvalue weighted by Crippen LogP contribution is -2.22. The number of rotatable bonds is 7. The van der Waals surface area contributed by atoms with Gasteiger partial charge in [0.25, 0.3) is 11.8 Å². The largest absolute Gasteiger partial charge is 0.371 e.